The molecule has 0 bridgehead atoms. The normalized spacial score (nSPS) is 20.5. The van der Waals surface area contributed by atoms with Crippen LogP contribution in [0.5, 0.6) is 5.75 Å². The predicted octanol–water partition coefficient (Wildman–Crippen LogP) is 1.19. The first kappa shape index (κ1) is 15.5. The highest BCUT2D eigenvalue weighted by Crippen LogP contribution is 2.22. The lowest BCUT2D eigenvalue weighted by molar-refractivity contribution is -0.152. The fraction of sp³-hybridized carbons (Fsp3) is 0.357. The Balaban J connectivity index is 2.26. The van der Waals surface area contributed by atoms with E-state index in [1.807, 2.05) is 0 Å². The largest absolute Gasteiger partial charge is 0.497 e. The van der Waals surface area contributed by atoms with Crippen molar-refractivity contribution in [2.75, 3.05) is 20.2 Å². The van der Waals surface area contributed by atoms with Crippen LogP contribution in [0.25, 0.3) is 0 Å². The number of hydrogen-bond donors (Lipinski definition) is 0. The Labute approximate surface area is 124 Å². The second-order valence-electron chi connectivity index (χ2n) is 4.53. The van der Waals surface area contributed by atoms with E-state index < -0.39 is 22.1 Å². The molecule has 2 rings (SSSR count). The van der Waals surface area contributed by atoms with Crippen LogP contribution >= 0.6 is 0 Å². The number of nitrogens with zero attached hydrogens (tertiary/aromatic N) is 1. The summed E-state index contributed by atoms with van der Waals surface area (Å²) in [6, 6.07) is 6.05. The maximum Gasteiger partial charge on any atom is 0.321 e. The van der Waals surface area contributed by atoms with Crippen molar-refractivity contribution in [2.24, 2.45) is 0 Å². The zero-order valence-corrected chi connectivity index (χ0v) is 12.7. The van der Waals surface area contributed by atoms with Gasteiger partial charge in [-0.05, 0) is 37.3 Å². The van der Waals surface area contributed by atoms with Crippen molar-refractivity contribution in [3.05, 3.63) is 36.4 Å². The molecule has 0 aromatic heterocycles. The molecule has 6 nitrogen and oxygen atoms in total. The van der Waals surface area contributed by atoms with Crippen molar-refractivity contribution in [3.63, 3.8) is 0 Å². The maximum absolute atomic E-state index is 12.5. The summed E-state index contributed by atoms with van der Waals surface area (Å²) in [7, 11) is -2.22. The Morgan fingerprint density at radius 3 is 2.57 bits per heavy atom. The SMILES string of the molecule is CC=CC1CN(S(=O)(=O)c2ccc(OC)cc2)CC(=O)O1. The van der Waals surface area contributed by atoms with E-state index in [4.69, 9.17) is 9.47 Å². The van der Waals surface area contributed by atoms with Crippen LogP contribution in [0.2, 0.25) is 0 Å². The van der Waals surface area contributed by atoms with Crippen LogP contribution in [-0.4, -0.2) is 45.0 Å². The predicted molar refractivity (Wildman–Crippen MR) is 76.4 cm³/mol. The molecule has 1 saturated heterocycles. The number of allylic oxidation sites excluding steroid dienone is 1. The Bertz CT molecular complexity index is 636. The molecule has 0 spiro atoms. The fourth-order valence-corrected chi connectivity index (χ4v) is 3.44. The third-order valence-electron chi connectivity index (χ3n) is 3.08. The van der Waals surface area contributed by atoms with Crippen molar-refractivity contribution >= 4 is 16.0 Å². The zero-order chi connectivity index (χ0) is 15.5. The molecule has 1 aliphatic rings. The number of benzene rings is 1. The van der Waals surface area contributed by atoms with Gasteiger partial charge in [-0.1, -0.05) is 6.08 Å². The van der Waals surface area contributed by atoms with Gasteiger partial charge in [0.1, 0.15) is 18.4 Å². The van der Waals surface area contributed by atoms with E-state index in [0.717, 1.165) is 4.31 Å². The van der Waals surface area contributed by atoms with Gasteiger partial charge in [0.2, 0.25) is 10.0 Å². The topological polar surface area (TPSA) is 72.9 Å². The summed E-state index contributed by atoms with van der Waals surface area (Å²) in [4.78, 5) is 11.7. The molecule has 1 atom stereocenters. The summed E-state index contributed by atoms with van der Waals surface area (Å²) in [6.07, 6.45) is 2.83. The molecule has 0 amide bonds. The highest BCUT2D eigenvalue weighted by molar-refractivity contribution is 7.89. The number of esters is 1. The van der Waals surface area contributed by atoms with E-state index in [-0.39, 0.29) is 18.0 Å². The molecule has 1 aromatic rings. The summed E-state index contributed by atoms with van der Waals surface area (Å²) < 4.78 is 36.3. The van der Waals surface area contributed by atoms with Crippen LogP contribution in [-0.2, 0) is 19.6 Å². The van der Waals surface area contributed by atoms with Crippen LogP contribution < -0.4 is 4.74 Å². The number of carbonyl (C=O) groups is 1. The van der Waals surface area contributed by atoms with E-state index in [2.05, 4.69) is 0 Å². The molecule has 1 heterocycles. The van der Waals surface area contributed by atoms with Gasteiger partial charge in [-0.25, -0.2) is 8.42 Å². The number of cyclic esters (lactones) is 1. The van der Waals surface area contributed by atoms with Crippen molar-refractivity contribution in [1.29, 1.82) is 0 Å². The minimum absolute atomic E-state index is 0.116. The smallest absolute Gasteiger partial charge is 0.321 e. The molecule has 1 unspecified atom stereocenters. The molecule has 21 heavy (non-hydrogen) atoms. The average Bonchev–Trinajstić information content (AvgIpc) is 2.47. The van der Waals surface area contributed by atoms with E-state index in [0.29, 0.717) is 5.75 Å². The summed E-state index contributed by atoms with van der Waals surface area (Å²) in [5.41, 5.74) is 0. The van der Waals surface area contributed by atoms with Crippen LogP contribution in [0.15, 0.2) is 41.3 Å². The third-order valence-corrected chi connectivity index (χ3v) is 4.90. The van der Waals surface area contributed by atoms with E-state index in [1.165, 1.54) is 19.2 Å². The Morgan fingerprint density at radius 2 is 2.00 bits per heavy atom. The van der Waals surface area contributed by atoms with Crippen molar-refractivity contribution in [1.82, 2.24) is 4.31 Å². The van der Waals surface area contributed by atoms with Crippen LogP contribution in [0.3, 0.4) is 0 Å². The summed E-state index contributed by atoms with van der Waals surface area (Å²) in [5.74, 6) is 0.0141. The monoisotopic (exact) mass is 311 g/mol. The molecule has 0 radical (unpaired) electrons. The average molecular weight is 311 g/mol. The van der Waals surface area contributed by atoms with Gasteiger partial charge < -0.3 is 9.47 Å². The molecular formula is C14H17NO5S. The Hall–Kier alpha value is -1.86. The second-order valence-corrected chi connectivity index (χ2v) is 6.47. The summed E-state index contributed by atoms with van der Waals surface area (Å²) >= 11 is 0. The summed E-state index contributed by atoms with van der Waals surface area (Å²) in [5, 5.41) is 0. The number of ether oxygens (including phenoxy) is 2. The molecule has 0 aliphatic carbocycles. The molecular weight excluding hydrogens is 294 g/mol. The fourth-order valence-electron chi connectivity index (χ4n) is 2.05. The number of methoxy groups -OCH3 is 1. The lowest BCUT2D eigenvalue weighted by Gasteiger charge is -2.29. The van der Waals surface area contributed by atoms with Gasteiger partial charge in [-0.3, -0.25) is 4.79 Å². The van der Waals surface area contributed by atoms with Crippen LogP contribution in [0.4, 0.5) is 0 Å². The van der Waals surface area contributed by atoms with Gasteiger partial charge in [0.15, 0.2) is 0 Å². The quantitative estimate of drug-likeness (QED) is 0.617. The third kappa shape index (κ3) is 3.43. The zero-order valence-electron chi connectivity index (χ0n) is 11.9. The Morgan fingerprint density at radius 1 is 1.33 bits per heavy atom. The minimum atomic E-state index is -3.73. The molecule has 0 N–H and O–H groups in total. The van der Waals surface area contributed by atoms with Crippen molar-refractivity contribution < 1.29 is 22.7 Å². The lowest BCUT2D eigenvalue weighted by Crippen LogP contribution is -2.47. The molecule has 0 saturated carbocycles. The van der Waals surface area contributed by atoms with Gasteiger partial charge in [0.25, 0.3) is 0 Å². The van der Waals surface area contributed by atoms with Gasteiger partial charge in [-0.15, -0.1) is 0 Å². The minimum Gasteiger partial charge on any atom is -0.497 e. The van der Waals surface area contributed by atoms with Crippen molar-refractivity contribution in [3.8, 4) is 5.75 Å². The molecule has 1 aromatic carbocycles. The number of morpholine rings is 1. The number of hydrogen-bond acceptors (Lipinski definition) is 5. The van der Waals surface area contributed by atoms with E-state index in [1.54, 1.807) is 31.2 Å². The van der Waals surface area contributed by atoms with Gasteiger partial charge in [-0.2, -0.15) is 4.31 Å². The standard InChI is InChI=1S/C14H17NO5S/c1-3-4-12-9-15(10-14(16)20-12)21(17,18)13-7-5-11(19-2)6-8-13/h3-8,12H,9-10H2,1-2H3. The first-order valence-corrected chi connectivity index (χ1v) is 7.88. The Kier molecular flexibility index (Phi) is 4.64. The molecule has 7 heteroatoms. The highest BCUT2D eigenvalue weighted by atomic mass is 32.2. The van der Waals surface area contributed by atoms with Crippen LogP contribution in [0, 0.1) is 0 Å². The van der Waals surface area contributed by atoms with Gasteiger partial charge >= 0.3 is 5.97 Å². The highest BCUT2D eigenvalue weighted by Gasteiger charge is 2.34. The maximum atomic E-state index is 12.5. The first-order chi connectivity index (χ1) is 9.97. The lowest BCUT2D eigenvalue weighted by atomic mass is 10.3. The molecule has 114 valence electrons. The van der Waals surface area contributed by atoms with Crippen LogP contribution in [0.1, 0.15) is 6.92 Å². The summed E-state index contributed by atoms with van der Waals surface area (Å²) in [6.45, 7) is 1.62. The first-order valence-electron chi connectivity index (χ1n) is 6.44. The van der Waals surface area contributed by atoms with Crippen molar-refractivity contribution in [2.45, 2.75) is 17.9 Å². The number of sulfonamides is 1. The van der Waals surface area contributed by atoms with Gasteiger partial charge in [0, 0.05) is 0 Å². The second kappa shape index (κ2) is 6.28. The van der Waals surface area contributed by atoms with E-state index in [9.17, 15) is 13.2 Å². The number of rotatable bonds is 4. The van der Waals surface area contributed by atoms with Gasteiger partial charge in [0.05, 0.1) is 18.6 Å². The molecule has 1 aliphatic heterocycles. The molecule has 1 fully saturated rings. The van der Waals surface area contributed by atoms with E-state index >= 15 is 0 Å². The number of carbonyl (C=O) groups excluding carboxylic acids is 1.